The molecule has 0 bridgehead atoms. The lowest BCUT2D eigenvalue weighted by Gasteiger charge is -1.98. The molecular formula is C12H7BrN2O. The van der Waals surface area contributed by atoms with Gasteiger partial charge in [-0.05, 0) is 22.9 Å². The predicted molar refractivity (Wildman–Crippen MR) is 64.9 cm³/mol. The van der Waals surface area contributed by atoms with Crippen molar-refractivity contribution in [1.82, 2.24) is 10.2 Å². The average Bonchev–Trinajstić information content (AvgIpc) is 2.75. The number of hydrogen-bond acceptors (Lipinski definition) is 3. The van der Waals surface area contributed by atoms with E-state index < -0.39 is 0 Å². The Bertz CT molecular complexity index is 648. The number of rotatable bonds is 1. The molecule has 0 saturated carbocycles. The SMILES string of the molecule is Brc1nnc(-c2ccc3ccccc3c2)o1. The summed E-state index contributed by atoms with van der Waals surface area (Å²) in [5.74, 6) is 0.526. The lowest BCUT2D eigenvalue weighted by molar-refractivity contribution is 0.540. The van der Waals surface area contributed by atoms with Gasteiger partial charge in [-0.3, -0.25) is 0 Å². The van der Waals surface area contributed by atoms with Crippen molar-refractivity contribution in [2.45, 2.75) is 0 Å². The highest BCUT2D eigenvalue weighted by Crippen LogP contribution is 2.24. The Morgan fingerprint density at radius 2 is 1.75 bits per heavy atom. The molecule has 78 valence electrons. The van der Waals surface area contributed by atoms with Gasteiger partial charge in [-0.2, -0.15) is 0 Å². The molecule has 0 N–H and O–H groups in total. The van der Waals surface area contributed by atoms with Gasteiger partial charge in [-0.25, -0.2) is 0 Å². The van der Waals surface area contributed by atoms with E-state index in [9.17, 15) is 0 Å². The van der Waals surface area contributed by atoms with Gasteiger partial charge in [0.25, 0.3) is 4.80 Å². The number of fused-ring (bicyclic) bond motifs is 1. The number of aromatic nitrogens is 2. The molecule has 0 aliphatic heterocycles. The van der Waals surface area contributed by atoms with Crippen LogP contribution in [0.3, 0.4) is 0 Å². The largest absolute Gasteiger partial charge is 0.411 e. The van der Waals surface area contributed by atoms with E-state index in [0.717, 1.165) is 10.9 Å². The zero-order chi connectivity index (χ0) is 11.0. The summed E-state index contributed by atoms with van der Waals surface area (Å²) in [6.45, 7) is 0. The second kappa shape index (κ2) is 3.72. The number of nitrogens with zero attached hydrogens (tertiary/aromatic N) is 2. The van der Waals surface area contributed by atoms with Gasteiger partial charge in [-0.1, -0.05) is 30.3 Å². The topological polar surface area (TPSA) is 38.9 Å². The Kier molecular flexibility index (Phi) is 2.22. The first-order valence-corrected chi connectivity index (χ1v) is 5.60. The van der Waals surface area contributed by atoms with Crippen molar-refractivity contribution in [3.8, 4) is 11.5 Å². The normalized spacial score (nSPS) is 10.8. The Morgan fingerprint density at radius 1 is 0.938 bits per heavy atom. The first kappa shape index (κ1) is 9.54. The fraction of sp³-hybridized carbons (Fsp3) is 0. The van der Waals surface area contributed by atoms with E-state index in [1.54, 1.807) is 0 Å². The monoisotopic (exact) mass is 274 g/mol. The van der Waals surface area contributed by atoms with Crippen LogP contribution in [0.1, 0.15) is 0 Å². The van der Waals surface area contributed by atoms with Gasteiger partial charge >= 0.3 is 0 Å². The first-order valence-electron chi connectivity index (χ1n) is 4.81. The van der Waals surface area contributed by atoms with Gasteiger partial charge in [0.15, 0.2) is 0 Å². The average molecular weight is 275 g/mol. The van der Waals surface area contributed by atoms with Crippen molar-refractivity contribution < 1.29 is 4.42 Å². The second-order valence-electron chi connectivity index (χ2n) is 3.42. The van der Waals surface area contributed by atoms with Crippen molar-refractivity contribution in [2.24, 2.45) is 0 Å². The van der Waals surface area contributed by atoms with Crippen molar-refractivity contribution >= 4 is 26.7 Å². The third kappa shape index (κ3) is 1.61. The molecule has 0 radical (unpaired) electrons. The standard InChI is InChI=1S/C12H7BrN2O/c13-12-15-14-11(16-12)10-6-5-8-3-1-2-4-9(8)7-10/h1-7H. The minimum absolute atomic E-state index is 0.399. The molecule has 3 aromatic rings. The second-order valence-corrected chi connectivity index (χ2v) is 4.10. The van der Waals surface area contributed by atoms with Crippen molar-refractivity contribution in [3.63, 3.8) is 0 Å². The van der Waals surface area contributed by atoms with Crippen LogP contribution >= 0.6 is 15.9 Å². The highest BCUT2D eigenvalue weighted by molar-refractivity contribution is 9.10. The minimum Gasteiger partial charge on any atom is -0.411 e. The maximum atomic E-state index is 5.31. The van der Waals surface area contributed by atoms with Gasteiger partial charge in [0.2, 0.25) is 5.89 Å². The van der Waals surface area contributed by atoms with Crippen molar-refractivity contribution in [3.05, 3.63) is 47.3 Å². The van der Waals surface area contributed by atoms with Gasteiger partial charge in [-0.15, -0.1) is 10.2 Å². The van der Waals surface area contributed by atoms with E-state index in [-0.39, 0.29) is 0 Å². The third-order valence-electron chi connectivity index (χ3n) is 2.40. The maximum Gasteiger partial charge on any atom is 0.285 e. The molecule has 0 fully saturated rings. The highest BCUT2D eigenvalue weighted by atomic mass is 79.9. The summed E-state index contributed by atoms with van der Waals surface area (Å²) in [4.78, 5) is 0.399. The van der Waals surface area contributed by atoms with Crippen LogP contribution in [0.25, 0.3) is 22.2 Å². The van der Waals surface area contributed by atoms with Gasteiger partial charge in [0.1, 0.15) is 0 Å². The Labute approximate surface area is 100 Å². The fourth-order valence-corrected chi connectivity index (χ4v) is 1.88. The molecule has 0 amide bonds. The van der Waals surface area contributed by atoms with Crippen molar-refractivity contribution in [1.29, 1.82) is 0 Å². The van der Waals surface area contributed by atoms with E-state index in [0.29, 0.717) is 10.7 Å². The number of benzene rings is 2. The molecule has 0 spiro atoms. The third-order valence-corrected chi connectivity index (χ3v) is 2.72. The van der Waals surface area contributed by atoms with Crippen LogP contribution in [-0.4, -0.2) is 10.2 Å². The van der Waals surface area contributed by atoms with E-state index >= 15 is 0 Å². The van der Waals surface area contributed by atoms with Crippen molar-refractivity contribution in [2.75, 3.05) is 0 Å². The lowest BCUT2D eigenvalue weighted by atomic mass is 10.1. The summed E-state index contributed by atoms with van der Waals surface area (Å²) in [6, 6.07) is 14.2. The molecule has 3 nitrogen and oxygen atoms in total. The van der Waals surface area contributed by atoms with Crippen LogP contribution in [0.2, 0.25) is 0 Å². The zero-order valence-electron chi connectivity index (χ0n) is 8.22. The zero-order valence-corrected chi connectivity index (χ0v) is 9.81. The Morgan fingerprint density at radius 3 is 2.50 bits per heavy atom. The smallest absolute Gasteiger partial charge is 0.285 e. The fourth-order valence-electron chi connectivity index (χ4n) is 1.64. The van der Waals surface area contributed by atoms with Gasteiger partial charge in [0.05, 0.1) is 0 Å². The molecule has 0 unspecified atom stereocenters. The van der Waals surface area contributed by atoms with Crippen LogP contribution in [0.15, 0.2) is 51.7 Å². The Balaban J connectivity index is 2.18. The van der Waals surface area contributed by atoms with Gasteiger partial charge in [0, 0.05) is 21.5 Å². The predicted octanol–water partition coefficient (Wildman–Crippen LogP) is 3.65. The highest BCUT2D eigenvalue weighted by Gasteiger charge is 2.06. The number of halogens is 1. The summed E-state index contributed by atoms with van der Waals surface area (Å²) >= 11 is 3.14. The van der Waals surface area contributed by atoms with Crippen LogP contribution in [0.5, 0.6) is 0 Å². The molecule has 2 aromatic carbocycles. The molecule has 0 aliphatic carbocycles. The molecule has 0 saturated heterocycles. The lowest BCUT2D eigenvalue weighted by Crippen LogP contribution is -1.78. The summed E-state index contributed by atoms with van der Waals surface area (Å²) in [6.07, 6.45) is 0. The van der Waals surface area contributed by atoms with Crippen LogP contribution < -0.4 is 0 Å². The molecule has 4 heteroatoms. The van der Waals surface area contributed by atoms with Crippen LogP contribution in [0.4, 0.5) is 0 Å². The van der Waals surface area contributed by atoms with E-state index in [1.807, 2.05) is 30.3 Å². The molecule has 0 atom stereocenters. The molecular weight excluding hydrogens is 268 g/mol. The molecule has 16 heavy (non-hydrogen) atoms. The maximum absolute atomic E-state index is 5.31. The summed E-state index contributed by atoms with van der Waals surface area (Å²) < 4.78 is 5.31. The summed E-state index contributed by atoms with van der Waals surface area (Å²) in [7, 11) is 0. The molecule has 1 heterocycles. The van der Waals surface area contributed by atoms with E-state index in [2.05, 4.69) is 38.3 Å². The molecule has 0 aliphatic rings. The van der Waals surface area contributed by atoms with E-state index in [4.69, 9.17) is 4.42 Å². The van der Waals surface area contributed by atoms with Crippen LogP contribution in [0, 0.1) is 0 Å². The summed E-state index contributed by atoms with van der Waals surface area (Å²) in [5, 5.41) is 10.1. The van der Waals surface area contributed by atoms with Gasteiger partial charge < -0.3 is 4.42 Å². The quantitative estimate of drug-likeness (QED) is 0.680. The van der Waals surface area contributed by atoms with E-state index in [1.165, 1.54) is 5.39 Å². The number of hydrogen-bond donors (Lipinski definition) is 0. The van der Waals surface area contributed by atoms with Crippen LogP contribution in [-0.2, 0) is 0 Å². The minimum atomic E-state index is 0.399. The first-order chi connectivity index (χ1) is 7.83. The molecule has 3 rings (SSSR count). The molecule has 1 aromatic heterocycles. The summed E-state index contributed by atoms with van der Waals surface area (Å²) in [5.41, 5.74) is 0.928. The Hall–Kier alpha value is -1.68.